The second-order valence-corrected chi connectivity index (χ2v) is 8.65. The number of rotatable bonds is 6. The monoisotopic (exact) mass is 351 g/mol. The van der Waals surface area contributed by atoms with Gasteiger partial charge in [0.15, 0.2) is 0 Å². The van der Waals surface area contributed by atoms with Crippen LogP contribution in [0.3, 0.4) is 0 Å². The van der Waals surface area contributed by atoms with Crippen LogP contribution in [-0.2, 0) is 35.2 Å². The molecule has 0 unspecified atom stereocenters. The molecule has 23 heavy (non-hydrogen) atoms. The first-order chi connectivity index (χ1) is 11.1. The van der Waals surface area contributed by atoms with E-state index < -0.39 is 10.0 Å². The lowest BCUT2D eigenvalue weighted by Gasteiger charge is -2.26. The highest BCUT2D eigenvalue weighted by Gasteiger charge is 2.29. The van der Waals surface area contributed by atoms with Crippen molar-refractivity contribution >= 4 is 21.8 Å². The number of aryl methyl sites for hydroxylation is 1. The van der Waals surface area contributed by atoms with Gasteiger partial charge in [0.05, 0.1) is 11.4 Å². The largest absolute Gasteiger partial charge is 0.282 e. The lowest BCUT2D eigenvalue weighted by Crippen LogP contribution is -2.36. The number of nitrogens with zero attached hydrogens (tertiary/aromatic N) is 2. The molecule has 124 valence electrons. The Morgan fingerprint density at radius 3 is 2.83 bits per heavy atom. The van der Waals surface area contributed by atoms with E-state index in [9.17, 15) is 8.42 Å². The number of hydrogen-bond donors (Lipinski definition) is 1. The van der Waals surface area contributed by atoms with Crippen molar-refractivity contribution in [2.24, 2.45) is 0 Å². The summed E-state index contributed by atoms with van der Waals surface area (Å²) in [5, 5.41) is 7.45. The molecule has 0 spiro atoms. The van der Waals surface area contributed by atoms with Gasteiger partial charge >= 0.3 is 0 Å². The molecule has 0 amide bonds. The van der Waals surface area contributed by atoms with Gasteiger partial charge in [0, 0.05) is 37.2 Å². The average Bonchev–Trinajstić information content (AvgIpc) is 2.95. The minimum absolute atomic E-state index is 0.0567. The van der Waals surface area contributed by atoms with Crippen molar-refractivity contribution in [2.75, 3.05) is 18.6 Å². The molecule has 7 heteroatoms. The van der Waals surface area contributed by atoms with Gasteiger partial charge in [0.2, 0.25) is 10.0 Å². The summed E-state index contributed by atoms with van der Waals surface area (Å²) in [7, 11) is -3.31. The summed E-state index contributed by atoms with van der Waals surface area (Å²) in [6.07, 6.45) is 3.64. The van der Waals surface area contributed by atoms with E-state index in [2.05, 4.69) is 16.5 Å². The van der Waals surface area contributed by atoms with Crippen LogP contribution in [0.5, 0.6) is 0 Å². The number of aromatic amines is 1. The quantitative estimate of drug-likeness (QED) is 0.866. The number of aromatic nitrogens is 2. The predicted molar refractivity (Wildman–Crippen MR) is 93.9 cm³/mol. The maximum absolute atomic E-state index is 12.7. The molecular formula is C16H21N3O2S2. The summed E-state index contributed by atoms with van der Waals surface area (Å²) in [6, 6.07) is 9.35. The molecule has 0 atom stereocenters. The number of thioether (sulfide) groups is 1. The maximum atomic E-state index is 12.7. The zero-order chi connectivity index (χ0) is 16.3. The molecule has 1 N–H and O–H groups in total. The fraction of sp³-hybridized carbons (Fsp3) is 0.438. The van der Waals surface area contributed by atoms with E-state index in [4.69, 9.17) is 0 Å². The van der Waals surface area contributed by atoms with Crippen LogP contribution in [0, 0.1) is 0 Å². The molecule has 0 fully saturated rings. The molecule has 1 aliphatic heterocycles. The van der Waals surface area contributed by atoms with Crippen molar-refractivity contribution in [3.8, 4) is 0 Å². The van der Waals surface area contributed by atoms with Gasteiger partial charge in [-0.3, -0.25) is 5.10 Å². The van der Waals surface area contributed by atoms with Crippen molar-refractivity contribution in [3.05, 3.63) is 52.8 Å². The Labute approximate surface area is 141 Å². The van der Waals surface area contributed by atoms with Crippen LogP contribution >= 0.6 is 11.8 Å². The van der Waals surface area contributed by atoms with Crippen LogP contribution in [0.4, 0.5) is 0 Å². The Morgan fingerprint density at radius 1 is 1.30 bits per heavy atom. The van der Waals surface area contributed by atoms with Crippen molar-refractivity contribution in [1.82, 2.24) is 14.5 Å². The van der Waals surface area contributed by atoms with Crippen LogP contribution in [0.25, 0.3) is 0 Å². The molecule has 2 aromatic rings. The summed E-state index contributed by atoms with van der Waals surface area (Å²) in [4.78, 5) is 0. The fourth-order valence-corrected chi connectivity index (χ4v) is 4.74. The third-order valence-electron chi connectivity index (χ3n) is 4.11. The molecule has 1 aromatic carbocycles. The smallest absolute Gasteiger partial charge is 0.218 e. The minimum atomic E-state index is -3.31. The van der Waals surface area contributed by atoms with E-state index in [1.807, 2.05) is 30.3 Å². The van der Waals surface area contributed by atoms with Gasteiger partial charge in [-0.1, -0.05) is 30.3 Å². The van der Waals surface area contributed by atoms with Crippen LogP contribution < -0.4 is 0 Å². The van der Waals surface area contributed by atoms with Crippen LogP contribution in [-0.4, -0.2) is 41.5 Å². The zero-order valence-electron chi connectivity index (χ0n) is 13.2. The third kappa shape index (κ3) is 3.79. The first-order valence-electron chi connectivity index (χ1n) is 7.66. The highest BCUT2D eigenvalue weighted by Crippen LogP contribution is 2.24. The second kappa shape index (κ2) is 7.07. The van der Waals surface area contributed by atoms with Crippen molar-refractivity contribution in [1.29, 1.82) is 0 Å². The molecule has 0 saturated heterocycles. The van der Waals surface area contributed by atoms with Crippen molar-refractivity contribution < 1.29 is 8.42 Å². The van der Waals surface area contributed by atoms with E-state index in [1.54, 1.807) is 16.1 Å². The third-order valence-corrected chi connectivity index (χ3v) is 6.52. The molecule has 1 aromatic heterocycles. The summed E-state index contributed by atoms with van der Waals surface area (Å²) >= 11 is 1.77. The Kier molecular flexibility index (Phi) is 5.08. The molecule has 0 radical (unpaired) electrons. The summed E-state index contributed by atoms with van der Waals surface area (Å²) < 4.78 is 27.0. The molecule has 5 nitrogen and oxygen atoms in total. The first-order valence-corrected chi connectivity index (χ1v) is 10.7. The predicted octanol–water partition coefficient (Wildman–Crippen LogP) is 2.20. The summed E-state index contributed by atoms with van der Waals surface area (Å²) in [5.74, 6) is 1.05. The standard InChI is InChI=1S/C16H21N3O2S2/c1-22-10-8-16-14-11-19(9-7-15(14)17-18-16)23(20,21)12-13-5-3-2-4-6-13/h2-6H,7-12H2,1H3,(H,17,18). The second-order valence-electron chi connectivity index (χ2n) is 5.70. The maximum Gasteiger partial charge on any atom is 0.218 e. The highest BCUT2D eigenvalue weighted by atomic mass is 32.2. The number of hydrogen-bond acceptors (Lipinski definition) is 4. The topological polar surface area (TPSA) is 66.1 Å². The van der Waals surface area contributed by atoms with E-state index in [0.29, 0.717) is 19.5 Å². The molecule has 0 aliphatic carbocycles. The molecule has 3 rings (SSSR count). The lowest BCUT2D eigenvalue weighted by atomic mass is 10.1. The summed E-state index contributed by atoms with van der Waals surface area (Å²) in [6.45, 7) is 0.955. The van der Waals surface area contributed by atoms with E-state index in [0.717, 1.165) is 34.7 Å². The molecule has 0 bridgehead atoms. The van der Waals surface area contributed by atoms with Gasteiger partial charge < -0.3 is 0 Å². The van der Waals surface area contributed by atoms with E-state index in [-0.39, 0.29) is 5.75 Å². The molecular weight excluding hydrogens is 330 g/mol. The lowest BCUT2D eigenvalue weighted by molar-refractivity contribution is 0.388. The Bertz CT molecular complexity index is 757. The Hall–Kier alpha value is -1.31. The van der Waals surface area contributed by atoms with Gasteiger partial charge in [-0.05, 0) is 17.6 Å². The van der Waals surface area contributed by atoms with Gasteiger partial charge in [-0.15, -0.1) is 0 Å². The highest BCUT2D eigenvalue weighted by molar-refractivity contribution is 7.98. The van der Waals surface area contributed by atoms with Crippen molar-refractivity contribution in [3.63, 3.8) is 0 Å². The number of nitrogens with one attached hydrogen (secondary N) is 1. The van der Waals surface area contributed by atoms with Crippen LogP contribution in [0.1, 0.15) is 22.5 Å². The number of benzene rings is 1. The molecule has 2 heterocycles. The SMILES string of the molecule is CSCCc1n[nH]c2c1CN(S(=O)(=O)Cc1ccccc1)CC2. The number of sulfonamides is 1. The zero-order valence-corrected chi connectivity index (χ0v) is 14.8. The van der Waals surface area contributed by atoms with Gasteiger partial charge in [0.1, 0.15) is 0 Å². The van der Waals surface area contributed by atoms with Crippen molar-refractivity contribution in [2.45, 2.75) is 25.1 Å². The summed E-state index contributed by atoms with van der Waals surface area (Å²) in [5.41, 5.74) is 4.00. The number of H-pyrrole nitrogens is 1. The van der Waals surface area contributed by atoms with Gasteiger partial charge in [-0.2, -0.15) is 21.2 Å². The van der Waals surface area contributed by atoms with Gasteiger partial charge in [-0.25, -0.2) is 8.42 Å². The Balaban J connectivity index is 1.76. The average molecular weight is 351 g/mol. The molecule has 1 aliphatic rings. The van der Waals surface area contributed by atoms with Crippen LogP contribution in [0.2, 0.25) is 0 Å². The van der Waals surface area contributed by atoms with E-state index >= 15 is 0 Å². The fourth-order valence-electron chi connectivity index (χ4n) is 2.85. The Morgan fingerprint density at radius 2 is 2.09 bits per heavy atom. The first kappa shape index (κ1) is 16.5. The number of fused-ring (bicyclic) bond motifs is 1. The van der Waals surface area contributed by atoms with Gasteiger partial charge in [0.25, 0.3) is 0 Å². The van der Waals surface area contributed by atoms with E-state index in [1.165, 1.54) is 0 Å². The van der Waals surface area contributed by atoms with Crippen LogP contribution in [0.15, 0.2) is 30.3 Å². The molecule has 0 saturated carbocycles. The normalized spacial score (nSPS) is 15.5. The minimum Gasteiger partial charge on any atom is -0.282 e.